The summed E-state index contributed by atoms with van der Waals surface area (Å²) in [6.07, 6.45) is 3.10. The normalized spacial score (nSPS) is 10.9. The number of hydrogen-bond acceptors (Lipinski definition) is 4. The van der Waals surface area contributed by atoms with E-state index in [1.54, 1.807) is 6.20 Å². The van der Waals surface area contributed by atoms with Gasteiger partial charge in [0.05, 0.1) is 22.4 Å². The second-order valence-electron chi connectivity index (χ2n) is 4.27. The molecule has 0 unspecified atom stereocenters. The van der Waals surface area contributed by atoms with Crippen LogP contribution in [0.15, 0.2) is 30.6 Å². The Kier molecular flexibility index (Phi) is 3.64. The molecule has 6 nitrogen and oxygen atoms in total. The second-order valence-corrected chi connectivity index (χ2v) is 5.43. The number of nitrogens with one attached hydrogen (secondary N) is 1. The molecule has 0 radical (unpaired) electrons. The maximum atomic E-state index is 13.9. The van der Waals surface area contributed by atoms with Gasteiger partial charge in [-0.15, -0.1) is 0 Å². The lowest BCUT2D eigenvalue weighted by atomic mass is 10.2. The molecule has 0 fully saturated rings. The predicted molar refractivity (Wildman–Crippen MR) is 81.9 cm³/mol. The molecule has 3 aromatic rings. The molecule has 3 rings (SSSR count). The Morgan fingerprint density at radius 3 is 2.64 bits per heavy atom. The summed E-state index contributed by atoms with van der Waals surface area (Å²) in [5, 5.41) is 11.1. The zero-order valence-electron chi connectivity index (χ0n) is 10.6. The first-order chi connectivity index (χ1) is 10.5. The van der Waals surface area contributed by atoms with Crippen molar-refractivity contribution in [1.29, 1.82) is 0 Å². The number of fused-ring (bicyclic) bond motifs is 1. The van der Waals surface area contributed by atoms with Crippen LogP contribution in [0.25, 0.3) is 11.0 Å². The van der Waals surface area contributed by atoms with Crippen molar-refractivity contribution in [3.63, 3.8) is 0 Å². The van der Waals surface area contributed by atoms with Crippen LogP contribution >= 0.6 is 22.6 Å². The first-order valence-corrected chi connectivity index (χ1v) is 6.98. The van der Waals surface area contributed by atoms with Gasteiger partial charge in [0, 0.05) is 16.0 Å². The summed E-state index contributed by atoms with van der Waals surface area (Å²) in [7, 11) is 0. The highest BCUT2D eigenvalue weighted by atomic mass is 127. The van der Waals surface area contributed by atoms with Crippen LogP contribution in [0.2, 0.25) is 0 Å². The van der Waals surface area contributed by atoms with Crippen LogP contribution in [-0.2, 0) is 0 Å². The van der Waals surface area contributed by atoms with Crippen molar-refractivity contribution < 1.29 is 18.4 Å². The summed E-state index contributed by atoms with van der Waals surface area (Å²) < 4.78 is 33.8. The molecule has 0 saturated carbocycles. The maximum Gasteiger partial charge on any atom is 0.275 e. The van der Waals surface area contributed by atoms with E-state index < -0.39 is 28.0 Å². The number of rotatable bonds is 3. The van der Waals surface area contributed by atoms with Crippen molar-refractivity contribution in [2.24, 2.45) is 0 Å². The molecular formula is C13H6F2IN3O3. The number of halogens is 3. The Hall–Kier alpha value is -2.30. The molecular weight excluding hydrogens is 411 g/mol. The fourth-order valence-corrected chi connectivity index (χ4v) is 2.61. The van der Waals surface area contributed by atoms with Gasteiger partial charge in [-0.05, 0) is 28.7 Å². The minimum absolute atomic E-state index is 0.197. The number of aromatic nitrogens is 2. The molecule has 22 heavy (non-hydrogen) atoms. The molecule has 112 valence electrons. The molecule has 1 N–H and O–H groups in total. The molecule has 0 aliphatic rings. The first-order valence-electron chi connectivity index (χ1n) is 5.90. The fourth-order valence-electron chi connectivity index (χ4n) is 1.93. The largest absolute Gasteiger partial charge is 0.450 e. The van der Waals surface area contributed by atoms with Crippen molar-refractivity contribution in [1.82, 2.24) is 9.97 Å². The number of non-ortho nitro benzene ring substituents is 1. The van der Waals surface area contributed by atoms with Crippen LogP contribution in [0.5, 0.6) is 11.5 Å². The maximum absolute atomic E-state index is 13.9. The van der Waals surface area contributed by atoms with Gasteiger partial charge in [0.25, 0.3) is 5.69 Å². The number of nitrogens with zero attached hydrogens (tertiary/aromatic N) is 2. The second kappa shape index (κ2) is 5.48. The van der Waals surface area contributed by atoms with E-state index in [4.69, 9.17) is 4.74 Å². The van der Waals surface area contributed by atoms with Crippen molar-refractivity contribution in [3.05, 3.63) is 55.9 Å². The minimum Gasteiger partial charge on any atom is -0.450 e. The molecule has 0 saturated heterocycles. The number of H-pyrrole nitrogens is 1. The van der Waals surface area contributed by atoms with E-state index in [0.717, 1.165) is 3.57 Å². The Morgan fingerprint density at radius 1 is 1.32 bits per heavy atom. The van der Waals surface area contributed by atoms with Gasteiger partial charge in [0.15, 0.2) is 17.4 Å². The molecule has 2 aromatic heterocycles. The van der Waals surface area contributed by atoms with Crippen LogP contribution in [0.1, 0.15) is 0 Å². The van der Waals surface area contributed by atoms with Crippen molar-refractivity contribution in [2.75, 3.05) is 0 Å². The molecule has 0 aliphatic heterocycles. The van der Waals surface area contributed by atoms with Crippen molar-refractivity contribution in [3.8, 4) is 11.5 Å². The zero-order chi connectivity index (χ0) is 15.9. The quantitative estimate of drug-likeness (QED) is 0.395. The third-order valence-corrected chi connectivity index (χ3v) is 3.74. The summed E-state index contributed by atoms with van der Waals surface area (Å²) in [6.45, 7) is 0. The number of nitro groups is 1. The number of ether oxygens (including phenoxy) is 1. The van der Waals surface area contributed by atoms with E-state index >= 15 is 0 Å². The van der Waals surface area contributed by atoms with Gasteiger partial charge in [-0.25, -0.2) is 13.8 Å². The molecule has 0 bridgehead atoms. The standard InChI is InChI=1S/C13H6F2IN3O3/c14-7-3-6(19(20)21)4-8(15)12(7)22-10-1-2-17-13-11(10)9(16)5-18-13/h1-5H,(H,17,18). The van der Waals surface area contributed by atoms with Gasteiger partial charge < -0.3 is 9.72 Å². The SMILES string of the molecule is O=[N+]([O-])c1cc(F)c(Oc2ccnc3[nH]cc(I)c23)c(F)c1. The fraction of sp³-hybridized carbons (Fsp3) is 0. The molecule has 0 aliphatic carbocycles. The van der Waals surface area contributed by atoms with Gasteiger partial charge in [-0.2, -0.15) is 0 Å². The highest BCUT2D eigenvalue weighted by Gasteiger charge is 2.20. The summed E-state index contributed by atoms with van der Waals surface area (Å²) in [5.74, 6) is -2.80. The lowest BCUT2D eigenvalue weighted by Gasteiger charge is -2.09. The Morgan fingerprint density at radius 2 is 2.00 bits per heavy atom. The third kappa shape index (κ3) is 2.47. The van der Waals surface area contributed by atoms with Gasteiger partial charge in [0.1, 0.15) is 11.4 Å². The molecule has 0 spiro atoms. The van der Waals surface area contributed by atoms with E-state index in [1.165, 1.54) is 12.3 Å². The highest BCUT2D eigenvalue weighted by molar-refractivity contribution is 14.1. The number of nitro benzene ring substituents is 1. The summed E-state index contributed by atoms with van der Waals surface area (Å²) in [5.41, 5.74) is -0.178. The Labute approximate surface area is 135 Å². The van der Waals surface area contributed by atoms with Gasteiger partial charge >= 0.3 is 0 Å². The molecule has 2 heterocycles. The average Bonchev–Trinajstić information content (AvgIpc) is 2.85. The summed E-state index contributed by atoms with van der Waals surface area (Å²) >= 11 is 2.02. The Balaban J connectivity index is 2.09. The number of pyridine rings is 1. The van der Waals surface area contributed by atoms with Crippen LogP contribution in [0.4, 0.5) is 14.5 Å². The van der Waals surface area contributed by atoms with Crippen LogP contribution in [0, 0.1) is 25.3 Å². The molecule has 0 amide bonds. The first kappa shape index (κ1) is 14.6. The number of hydrogen-bond donors (Lipinski definition) is 1. The molecule has 9 heteroatoms. The predicted octanol–water partition coefficient (Wildman–Crippen LogP) is 4.15. The summed E-state index contributed by atoms with van der Waals surface area (Å²) in [4.78, 5) is 16.7. The van der Waals surface area contributed by atoms with Gasteiger partial charge in [0.2, 0.25) is 0 Å². The summed E-state index contributed by atoms with van der Waals surface area (Å²) in [6, 6.07) is 2.68. The lowest BCUT2D eigenvalue weighted by molar-refractivity contribution is -0.385. The number of benzene rings is 1. The minimum atomic E-state index is -1.15. The van der Waals surface area contributed by atoms with E-state index in [2.05, 4.69) is 9.97 Å². The van der Waals surface area contributed by atoms with Crippen molar-refractivity contribution in [2.45, 2.75) is 0 Å². The van der Waals surface area contributed by atoms with Gasteiger partial charge in [-0.1, -0.05) is 0 Å². The monoisotopic (exact) mass is 417 g/mol. The smallest absolute Gasteiger partial charge is 0.275 e. The van der Waals surface area contributed by atoms with E-state index in [-0.39, 0.29) is 5.75 Å². The van der Waals surface area contributed by atoms with Gasteiger partial charge in [-0.3, -0.25) is 10.1 Å². The van der Waals surface area contributed by atoms with E-state index in [0.29, 0.717) is 23.2 Å². The highest BCUT2D eigenvalue weighted by Crippen LogP contribution is 2.35. The van der Waals surface area contributed by atoms with Crippen LogP contribution in [-0.4, -0.2) is 14.9 Å². The zero-order valence-corrected chi connectivity index (χ0v) is 12.8. The molecule has 1 aromatic carbocycles. The topological polar surface area (TPSA) is 81.1 Å². The van der Waals surface area contributed by atoms with Crippen LogP contribution < -0.4 is 4.74 Å². The van der Waals surface area contributed by atoms with E-state index in [9.17, 15) is 18.9 Å². The third-order valence-electron chi connectivity index (χ3n) is 2.89. The van der Waals surface area contributed by atoms with Crippen LogP contribution in [0.3, 0.4) is 0 Å². The van der Waals surface area contributed by atoms with E-state index in [1.807, 2.05) is 22.6 Å². The van der Waals surface area contributed by atoms with Crippen molar-refractivity contribution >= 4 is 39.3 Å². The molecule has 0 atom stereocenters. The number of aromatic amines is 1. The Bertz CT molecular complexity index is 874. The lowest BCUT2D eigenvalue weighted by Crippen LogP contribution is -1.97. The average molecular weight is 417 g/mol.